The molecule has 26 heavy (non-hydrogen) atoms. The van der Waals surface area contributed by atoms with Crippen LogP contribution in [-0.4, -0.2) is 30.0 Å². The van der Waals surface area contributed by atoms with E-state index in [4.69, 9.17) is 9.47 Å². The van der Waals surface area contributed by atoms with Gasteiger partial charge in [-0.05, 0) is 30.0 Å². The van der Waals surface area contributed by atoms with Gasteiger partial charge in [-0.15, -0.1) is 11.3 Å². The smallest absolute Gasteiger partial charge is 0.374 e. The SMILES string of the molecule is CCOC(=O)/C(=C/[C@@H](C[N+](=O)[O-])c1ccccc1)OC(=O)c1cccs1. The van der Waals surface area contributed by atoms with Crippen molar-refractivity contribution in [3.05, 3.63) is 80.2 Å². The van der Waals surface area contributed by atoms with Crippen molar-refractivity contribution in [3.63, 3.8) is 0 Å². The lowest BCUT2D eigenvalue weighted by molar-refractivity contribution is -0.481. The summed E-state index contributed by atoms with van der Waals surface area (Å²) in [5, 5.41) is 12.7. The molecule has 2 rings (SSSR count). The fourth-order valence-corrected chi connectivity index (χ4v) is 2.79. The van der Waals surface area contributed by atoms with Crippen LogP contribution in [0.2, 0.25) is 0 Å². The van der Waals surface area contributed by atoms with Crippen LogP contribution in [0, 0.1) is 10.1 Å². The van der Waals surface area contributed by atoms with Crippen molar-refractivity contribution in [2.45, 2.75) is 12.8 Å². The highest BCUT2D eigenvalue weighted by Gasteiger charge is 2.24. The molecule has 136 valence electrons. The zero-order valence-corrected chi connectivity index (χ0v) is 14.8. The van der Waals surface area contributed by atoms with Crippen LogP contribution in [0.15, 0.2) is 59.7 Å². The number of benzene rings is 1. The Kier molecular flexibility index (Phi) is 7.04. The van der Waals surface area contributed by atoms with Crippen LogP contribution in [0.3, 0.4) is 0 Å². The van der Waals surface area contributed by atoms with Crippen LogP contribution in [0.1, 0.15) is 28.1 Å². The number of carbonyl (C=O) groups is 2. The first-order chi connectivity index (χ1) is 12.5. The molecule has 0 unspecified atom stereocenters. The Labute approximate surface area is 154 Å². The number of carbonyl (C=O) groups excluding carboxylic acids is 2. The summed E-state index contributed by atoms with van der Waals surface area (Å²) in [6, 6.07) is 11.9. The van der Waals surface area contributed by atoms with Crippen LogP contribution in [0.25, 0.3) is 0 Å². The van der Waals surface area contributed by atoms with Gasteiger partial charge >= 0.3 is 11.9 Å². The first kappa shape index (κ1) is 19.3. The van der Waals surface area contributed by atoms with Crippen molar-refractivity contribution < 1.29 is 24.0 Å². The molecule has 0 aliphatic carbocycles. The van der Waals surface area contributed by atoms with Crippen molar-refractivity contribution in [2.24, 2.45) is 0 Å². The number of ether oxygens (including phenoxy) is 2. The topological polar surface area (TPSA) is 95.7 Å². The Balaban J connectivity index is 2.34. The van der Waals surface area contributed by atoms with Gasteiger partial charge in [0.15, 0.2) is 0 Å². The molecule has 0 spiro atoms. The van der Waals surface area contributed by atoms with E-state index in [1.165, 1.54) is 6.08 Å². The Bertz CT molecular complexity index is 785. The molecule has 0 bridgehead atoms. The first-order valence-electron chi connectivity index (χ1n) is 7.82. The van der Waals surface area contributed by atoms with Gasteiger partial charge in [0.25, 0.3) is 0 Å². The number of nitrogens with zero attached hydrogens (tertiary/aromatic N) is 1. The predicted octanol–water partition coefficient (Wildman–Crippen LogP) is 3.41. The zero-order valence-electron chi connectivity index (χ0n) is 14.0. The second kappa shape index (κ2) is 9.47. The maximum absolute atomic E-state index is 12.2. The standard InChI is InChI=1S/C18H17NO6S/c1-2-24-17(20)15(25-18(21)16-9-6-10-26-16)11-14(12-19(22)23)13-7-4-3-5-8-13/h3-11,14H,2,12H2,1H3/b15-11-/t14-/m0/s1. The number of thiophene rings is 1. The highest BCUT2D eigenvalue weighted by Crippen LogP contribution is 2.22. The van der Waals surface area contributed by atoms with Crippen LogP contribution in [0.4, 0.5) is 0 Å². The average Bonchev–Trinajstić information content (AvgIpc) is 3.15. The monoisotopic (exact) mass is 375 g/mol. The lowest BCUT2D eigenvalue weighted by Crippen LogP contribution is -2.18. The highest BCUT2D eigenvalue weighted by molar-refractivity contribution is 7.11. The van der Waals surface area contributed by atoms with Crippen molar-refractivity contribution in [2.75, 3.05) is 13.2 Å². The lowest BCUT2D eigenvalue weighted by atomic mass is 9.98. The molecule has 7 nitrogen and oxygen atoms in total. The van der Waals surface area contributed by atoms with Crippen molar-refractivity contribution in [1.29, 1.82) is 0 Å². The summed E-state index contributed by atoms with van der Waals surface area (Å²) in [5.41, 5.74) is 0.623. The van der Waals surface area contributed by atoms with Crippen molar-refractivity contribution >= 4 is 23.3 Å². The van der Waals surface area contributed by atoms with Gasteiger partial charge in [0.05, 0.1) is 12.5 Å². The van der Waals surface area contributed by atoms with E-state index in [0.29, 0.717) is 10.4 Å². The fourth-order valence-electron chi connectivity index (χ4n) is 2.19. The molecular formula is C18H17NO6S. The summed E-state index contributed by atoms with van der Waals surface area (Å²) in [7, 11) is 0. The molecule has 0 saturated heterocycles. The molecule has 1 aromatic heterocycles. The summed E-state index contributed by atoms with van der Waals surface area (Å²) in [6.45, 7) is 1.24. The maximum Gasteiger partial charge on any atom is 0.374 e. The van der Waals surface area contributed by atoms with Gasteiger partial charge in [0.1, 0.15) is 4.88 Å². The number of esters is 2. The normalized spacial score (nSPS) is 12.3. The number of nitro groups is 1. The summed E-state index contributed by atoms with van der Waals surface area (Å²) >= 11 is 1.16. The quantitative estimate of drug-likeness (QED) is 0.231. The minimum Gasteiger partial charge on any atom is -0.460 e. The zero-order chi connectivity index (χ0) is 18.9. The number of rotatable bonds is 8. The van der Waals surface area contributed by atoms with Gasteiger partial charge in [-0.2, -0.15) is 0 Å². The first-order valence-corrected chi connectivity index (χ1v) is 8.70. The molecule has 0 N–H and O–H groups in total. The Morgan fingerprint density at radius 1 is 1.23 bits per heavy atom. The number of hydrogen-bond acceptors (Lipinski definition) is 7. The van der Waals surface area contributed by atoms with Gasteiger partial charge < -0.3 is 9.47 Å². The molecule has 1 heterocycles. The molecule has 0 aliphatic heterocycles. The maximum atomic E-state index is 12.2. The van der Waals surface area contributed by atoms with Gasteiger partial charge in [0.2, 0.25) is 12.3 Å². The minimum atomic E-state index is -0.846. The molecule has 0 aliphatic rings. The second-order valence-corrected chi connectivity index (χ2v) is 6.10. The Morgan fingerprint density at radius 2 is 1.96 bits per heavy atom. The van der Waals surface area contributed by atoms with E-state index in [9.17, 15) is 19.7 Å². The Hall–Kier alpha value is -3.00. The highest BCUT2D eigenvalue weighted by atomic mass is 32.1. The third kappa shape index (κ3) is 5.52. The third-order valence-electron chi connectivity index (χ3n) is 3.33. The van der Waals surface area contributed by atoms with E-state index in [1.54, 1.807) is 54.8 Å². The van der Waals surface area contributed by atoms with Gasteiger partial charge in [-0.3, -0.25) is 10.1 Å². The van der Waals surface area contributed by atoms with E-state index in [0.717, 1.165) is 11.3 Å². The summed E-state index contributed by atoms with van der Waals surface area (Å²) in [5.74, 6) is -2.67. The van der Waals surface area contributed by atoms with E-state index < -0.39 is 29.3 Å². The largest absolute Gasteiger partial charge is 0.460 e. The molecule has 0 saturated carbocycles. The third-order valence-corrected chi connectivity index (χ3v) is 4.18. The molecule has 1 aromatic carbocycles. The fraction of sp³-hybridized carbons (Fsp3) is 0.222. The van der Waals surface area contributed by atoms with E-state index >= 15 is 0 Å². The van der Waals surface area contributed by atoms with Crippen molar-refractivity contribution in [1.82, 2.24) is 0 Å². The minimum absolute atomic E-state index is 0.0813. The molecule has 1 atom stereocenters. The number of hydrogen-bond donors (Lipinski definition) is 0. The molecule has 8 heteroatoms. The van der Waals surface area contributed by atoms with Crippen molar-refractivity contribution in [3.8, 4) is 0 Å². The van der Waals surface area contributed by atoms with Crippen LogP contribution >= 0.6 is 11.3 Å². The summed E-state index contributed by atoms with van der Waals surface area (Å²) < 4.78 is 10.1. The molecule has 0 fully saturated rings. The van der Waals surface area contributed by atoms with E-state index in [1.807, 2.05) is 0 Å². The van der Waals surface area contributed by atoms with Gasteiger partial charge in [-0.1, -0.05) is 36.4 Å². The molecule has 0 radical (unpaired) electrons. The van der Waals surface area contributed by atoms with Crippen LogP contribution < -0.4 is 0 Å². The van der Waals surface area contributed by atoms with Gasteiger partial charge in [-0.25, -0.2) is 9.59 Å². The summed E-state index contributed by atoms with van der Waals surface area (Å²) in [4.78, 5) is 35.2. The predicted molar refractivity (Wildman–Crippen MR) is 95.5 cm³/mol. The van der Waals surface area contributed by atoms with Crippen LogP contribution in [-0.2, 0) is 14.3 Å². The van der Waals surface area contributed by atoms with Crippen LogP contribution in [0.5, 0.6) is 0 Å². The van der Waals surface area contributed by atoms with Gasteiger partial charge in [0, 0.05) is 4.92 Å². The van der Waals surface area contributed by atoms with E-state index in [-0.39, 0.29) is 12.4 Å². The molecular weight excluding hydrogens is 358 g/mol. The Morgan fingerprint density at radius 3 is 2.54 bits per heavy atom. The summed E-state index contributed by atoms with van der Waals surface area (Å²) in [6.07, 6.45) is 1.27. The lowest BCUT2D eigenvalue weighted by Gasteiger charge is -2.12. The molecule has 2 aromatic rings. The average molecular weight is 375 g/mol. The molecule has 0 amide bonds. The second-order valence-electron chi connectivity index (χ2n) is 5.15. The van der Waals surface area contributed by atoms with E-state index in [2.05, 4.69) is 0 Å².